The zero-order chi connectivity index (χ0) is 13.9. The Labute approximate surface area is 115 Å². The van der Waals surface area contributed by atoms with Gasteiger partial charge in [0.25, 0.3) is 0 Å². The molecule has 18 heavy (non-hydrogen) atoms. The number of hydrogen-bond donors (Lipinski definition) is 1. The van der Waals surface area contributed by atoms with Crippen molar-refractivity contribution in [1.29, 1.82) is 0 Å². The van der Waals surface area contributed by atoms with Gasteiger partial charge in [-0.3, -0.25) is 4.21 Å². The SMILES string of the molecule is CC(C)S(=O)(=O)CCS(=O)c1c(N)cccc1Cl. The van der Waals surface area contributed by atoms with Gasteiger partial charge in [-0.05, 0) is 26.0 Å². The second kappa shape index (κ2) is 6.04. The van der Waals surface area contributed by atoms with Crippen molar-refractivity contribution in [2.24, 2.45) is 0 Å². The van der Waals surface area contributed by atoms with Gasteiger partial charge >= 0.3 is 0 Å². The molecule has 1 unspecified atom stereocenters. The van der Waals surface area contributed by atoms with Crippen molar-refractivity contribution in [1.82, 2.24) is 0 Å². The second-order valence-corrected chi connectivity index (χ2v) is 8.72. The van der Waals surface area contributed by atoms with Crippen LogP contribution in [0.1, 0.15) is 13.8 Å². The summed E-state index contributed by atoms with van der Waals surface area (Å²) in [5, 5.41) is -0.173. The van der Waals surface area contributed by atoms with Crippen molar-refractivity contribution in [3.05, 3.63) is 23.2 Å². The molecule has 0 spiro atoms. The van der Waals surface area contributed by atoms with Crippen LogP contribution in [0.15, 0.2) is 23.1 Å². The Bertz CT molecular complexity index is 535. The van der Waals surface area contributed by atoms with Gasteiger partial charge in [0.15, 0.2) is 9.84 Å². The predicted octanol–water partition coefficient (Wildman–Crippen LogP) is 1.85. The molecule has 0 radical (unpaired) electrons. The van der Waals surface area contributed by atoms with Gasteiger partial charge in [0.1, 0.15) is 0 Å². The van der Waals surface area contributed by atoms with Crippen molar-refractivity contribution in [3.8, 4) is 0 Å². The summed E-state index contributed by atoms with van der Waals surface area (Å²) in [5.41, 5.74) is 6.02. The van der Waals surface area contributed by atoms with E-state index in [-0.39, 0.29) is 11.5 Å². The third kappa shape index (κ3) is 3.70. The van der Waals surface area contributed by atoms with Gasteiger partial charge in [-0.15, -0.1) is 0 Å². The fourth-order valence-corrected chi connectivity index (χ4v) is 4.56. The van der Waals surface area contributed by atoms with Crippen molar-refractivity contribution in [2.45, 2.75) is 24.0 Å². The third-order valence-electron chi connectivity index (χ3n) is 2.50. The highest BCUT2D eigenvalue weighted by molar-refractivity contribution is 7.93. The minimum atomic E-state index is -3.20. The van der Waals surface area contributed by atoms with Crippen LogP contribution >= 0.6 is 11.6 Å². The van der Waals surface area contributed by atoms with Gasteiger partial charge in [-0.25, -0.2) is 8.42 Å². The largest absolute Gasteiger partial charge is 0.398 e. The molecule has 4 nitrogen and oxygen atoms in total. The summed E-state index contributed by atoms with van der Waals surface area (Å²) in [6.45, 7) is 3.20. The maximum atomic E-state index is 12.0. The van der Waals surface area contributed by atoms with E-state index in [9.17, 15) is 12.6 Å². The summed E-state index contributed by atoms with van der Waals surface area (Å²) >= 11 is 5.91. The van der Waals surface area contributed by atoms with E-state index in [1.807, 2.05) is 0 Å². The topological polar surface area (TPSA) is 77.2 Å². The lowest BCUT2D eigenvalue weighted by Crippen LogP contribution is -2.22. The number of halogens is 1. The summed E-state index contributed by atoms with van der Waals surface area (Å²) in [7, 11) is -4.71. The summed E-state index contributed by atoms with van der Waals surface area (Å²) in [6.07, 6.45) is 0. The molecule has 0 aromatic heterocycles. The van der Waals surface area contributed by atoms with E-state index in [0.717, 1.165) is 0 Å². The molecule has 102 valence electrons. The molecule has 1 atom stereocenters. The summed E-state index contributed by atoms with van der Waals surface area (Å²) < 4.78 is 35.3. The van der Waals surface area contributed by atoms with Gasteiger partial charge in [-0.2, -0.15) is 0 Å². The smallest absolute Gasteiger partial charge is 0.153 e. The molecule has 1 aromatic rings. The van der Waals surface area contributed by atoms with Crippen LogP contribution in [0.25, 0.3) is 0 Å². The van der Waals surface area contributed by atoms with E-state index in [2.05, 4.69) is 0 Å². The Hall–Kier alpha value is -0.590. The zero-order valence-electron chi connectivity index (χ0n) is 10.2. The summed E-state index contributed by atoms with van der Waals surface area (Å²) in [5.74, 6) is -0.129. The first-order valence-electron chi connectivity index (χ1n) is 5.39. The molecule has 0 amide bonds. The maximum absolute atomic E-state index is 12.0. The second-order valence-electron chi connectivity index (χ2n) is 4.12. The molecule has 0 aliphatic heterocycles. The lowest BCUT2D eigenvalue weighted by atomic mass is 10.3. The molecule has 0 aliphatic rings. The van der Waals surface area contributed by atoms with Gasteiger partial charge in [0.05, 0.1) is 31.7 Å². The van der Waals surface area contributed by atoms with Crippen LogP contribution in [-0.2, 0) is 20.6 Å². The first-order chi connectivity index (χ1) is 8.25. The Morgan fingerprint density at radius 3 is 2.50 bits per heavy atom. The molecule has 0 bridgehead atoms. The highest BCUT2D eigenvalue weighted by Gasteiger charge is 2.19. The van der Waals surface area contributed by atoms with Crippen LogP contribution in [0.5, 0.6) is 0 Å². The molecule has 0 aliphatic carbocycles. The predicted molar refractivity (Wildman–Crippen MR) is 76.1 cm³/mol. The highest BCUT2D eigenvalue weighted by Crippen LogP contribution is 2.25. The monoisotopic (exact) mass is 309 g/mol. The Morgan fingerprint density at radius 2 is 2.00 bits per heavy atom. The highest BCUT2D eigenvalue weighted by atomic mass is 35.5. The number of anilines is 1. The van der Waals surface area contributed by atoms with E-state index in [1.165, 1.54) is 0 Å². The fourth-order valence-electron chi connectivity index (χ4n) is 1.30. The number of rotatable bonds is 5. The van der Waals surface area contributed by atoms with Crippen molar-refractivity contribution in [2.75, 3.05) is 17.2 Å². The quantitative estimate of drug-likeness (QED) is 0.842. The van der Waals surface area contributed by atoms with Gasteiger partial charge in [0.2, 0.25) is 0 Å². The Balaban J connectivity index is 2.85. The van der Waals surface area contributed by atoms with Crippen LogP contribution in [-0.4, -0.2) is 29.4 Å². The van der Waals surface area contributed by atoms with Crippen molar-refractivity contribution in [3.63, 3.8) is 0 Å². The Kier molecular flexibility index (Phi) is 5.19. The van der Waals surface area contributed by atoms with Gasteiger partial charge < -0.3 is 5.73 Å². The molecular formula is C11H16ClNO3S2. The third-order valence-corrected chi connectivity index (χ3v) is 6.88. The van der Waals surface area contributed by atoms with E-state index in [4.69, 9.17) is 17.3 Å². The standard InChI is InChI=1S/C11H16ClNO3S2/c1-8(2)18(15,16)7-6-17(14)11-9(12)4-3-5-10(11)13/h3-5,8H,6-7,13H2,1-2H3. The van der Waals surface area contributed by atoms with E-state index < -0.39 is 25.9 Å². The average molecular weight is 310 g/mol. The molecule has 1 rings (SSSR count). The van der Waals surface area contributed by atoms with E-state index in [1.54, 1.807) is 32.0 Å². The molecule has 0 saturated carbocycles. The number of sulfone groups is 1. The molecule has 1 aromatic carbocycles. The normalized spacial score (nSPS) is 13.8. The number of nitrogens with two attached hydrogens (primary N) is 1. The van der Waals surface area contributed by atoms with Crippen molar-refractivity contribution >= 4 is 37.9 Å². The van der Waals surface area contributed by atoms with Gasteiger partial charge in [-0.1, -0.05) is 17.7 Å². The van der Waals surface area contributed by atoms with Crippen LogP contribution in [0.2, 0.25) is 5.02 Å². The first kappa shape index (κ1) is 15.5. The van der Waals surface area contributed by atoms with E-state index in [0.29, 0.717) is 15.6 Å². The zero-order valence-corrected chi connectivity index (χ0v) is 12.6. The summed E-state index contributed by atoms with van der Waals surface area (Å²) in [4.78, 5) is 0.318. The van der Waals surface area contributed by atoms with Gasteiger partial charge in [0, 0.05) is 11.4 Å². The summed E-state index contributed by atoms with van der Waals surface area (Å²) in [6, 6.07) is 4.83. The molecule has 2 N–H and O–H groups in total. The lowest BCUT2D eigenvalue weighted by Gasteiger charge is -2.09. The molecule has 0 saturated heterocycles. The maximum Gasteiger partial charge on any atom is 0.153 e. The van der Waals surface area contributed by atoms with E-state index >= 15 is 0 Å². The van der Waals surface area contributed by atoms with Crippen LogP contribution < -0.4 is 5.73 Å². The molecule has 7 heteroatoms. The lowest BCUT2D eigenvalue weighted by molar-refractivity contribution is 0.588. The number of nitrogen functional groups attached to an aromatic ring is 1. The first-order valence-corrected chi connectivity index (χ1v) is 8.81. The fraction of sp³-hybridized carbons (Fsp3) is 0.455. The molecule has 0 heterocycles. The minimum absolute atomic E-state index is 0.00838. The number of hydrogen-bond acceptors (Lipinski definition) is 4. The molecule has 0 fully saturated rings. The number of benzene rings is 1. The van der Waals surface area contributed by atoms with Crippen molar-refractivity contribution < 1.29 is 12.6 Å². The van der Waals surface area contributed by atoms with Crippen LogP contribution in [0, 0.1) is 0 Å². The molecular weight excluding hydrogens is 294 g/mol. The van der Waals surface area contributed by atoms with Crippen LogP contribution in [0.3, 0.4) is 0 Å². The Morgan fingerprint density at radius 1 is 1.39 bits per heavy atom. The minimum Gasteiger partial charge on any atom is -0.398 e. The average Bonchev–Trinajstić information content (AvgIpc) is 2.26. The van der Waals surface area contributed by atoms with Crippen LogP contribution in [0.4, 0.5) is 5.69 Å².